The molecule has 6 heteroatoms. The Bertz CT molecular complexity index is 808. The fraction of sp³-hybridized carbons (Fsp3) is 0.0556. The van der Waals surface area contributed by atoms with Gasteiger partial charge in [-0.05, 0) is 30.3 Å². The zero-order valence-corrected chi connectivity index (χ0v) is 12.9. The lowest BCUT2D eigenvalue weighted by molar-refractivity contribution is -0.135. The minimum atomic E-state index is -0.724. The maximum absolute atomic E-state index is 12.1. The number of nitriles is 1. The highest BCUT2D eigenvalue weighted by atomic mass is 16.5. The summed E-state index contributed by atoms with van der Waals surface area (Å²) < 4.78 is 4.49. The molecule has 0 unspecified atom stereocenters. The van der Waals surface area contributed by atoms with Crippen LogP contribution in [0.1, 0.15) is 10.4 Å². The first-order valence-corrected chi connectivity index (χ1v) is 7.05. The molecular formula is C18H15N3O3. The van der Waals surface area contributed by atoms with Gasteiger partial charge >= 0.3 is 5.97 Å². The van der Waals surface area contributed by atoms with Crippen molar-refractivity contribution in [2.75, 3.05) is 17.7 Å². The van der Waals surface area contributed by atoms with Gasteiger partial charge in [0, 0.05) is 23.1 Å². The molecule has 0 spiro atoms. The quantitative estimate of drug-likeness (QED) is 0.502. The van der Waals surface area contributed by atoms with E-state index in [4.69, 9.17) is 5.26 Å². The van der Waals surface area contributed by atoms with Crippen LogP contribution in [0.3, 0.4) is 0 Å². The van der Waals surface area contributed by atoms with Crippen LogP contribution in [0.4, 0.5) is 11.4 Å². The lowest BCUT2D eigenvalue weighted by atomic mass is 10.2. The molecule has 0 fully saturated rings. The third kappa shape index (κ3) is 4.45. The summed E-state index contributed by atoms with van der Waals surface area (Å²) in [6.07, 6.45) is 1.25. The molecule has 2 aromatic carbocycles. The topological polar surface area (TPSA) is 91.2 Å². The number of anilines is 2. The van der Waals surface area contributed by atoms with E-state index in [1.165, 1.54) is 13.3 Å². The van der Waals surface area contributed by atoms with Crippen LogP contribution in [-0.4, -0.2) is 19.0 Å². The molecule has 0 aliphatic carbocycles. The van der Waals surface area contributed by atoms with Crippen LogP contribution < -0.4 is 10.6 Å². The van der Waals surface area contributed by atoms with Crippen LogP contribution in [0.25, 0.3) is 0 Å². The lowest BCUT2D eigenvalue weighted by Crippen LogP contribution is -2.11. The summed E-state index contributed by atoms with van der Waals surface area (Å²) in [4.78, 5) is 23.4. The molecule has 120 valence electrons. The Labute approximate surface area is 139 Å². The number of carbonyl (C=O) groups excluding carboxylic acids is 2. The maximum atomic E-state index is 12.1. The van der Waals surface area contributed by atoms with Crippen molar-refractivity contribution >= 4 is 23.3 Å². The van der Waals surface area contributed by atoms with Crippen molar-refractivity contribution in [1.29, 1.82) is 5.26 Å². The summed E-state index contributed by atoms with van der Waals surface area (Å²) >= 11 is 0. The van der Waals surface area contributed by atoms with Gasteiger partial charge in [0.2, 0.25) is 0 Å². The minimum Gasteiger partial charge on any atom is -0.465 e. The number of esters is 1. The van der Waals surface area contributed by atoms with Gasteiger partial charge < -0.3 is 15.4 Å². The number of amides is 1. The van der Waals surface area contributed by atoms with Crippen molar-refractivity contribution in [2.24, 2.45) is 0 Å². The van der Waals surface area contributed by atoms with Crippen molar-refractivity contribution < 1.29 is 14.3 Å². The van der Waals surface area contributed by atoms with E-state index in [1.807, 2.05) is 6.07 Å². The van der Waals surface area contributed by atoms with Crippen molar-refractivity contribution in [2.45, 2.75) is 0 Å². The van der Waals surface area contributed by atoms with Crippen LogP contribution in [0, 0.1) is 11.3 Å². The first-order chi connectivity index (χ1) is 11.6. The Morgan fingerprint density at radius 2 is 1.79 bits per heavy atom. The Balaban J connectivity index is 2.09. The molecule has 0 saturated heterocycles. The molecular weight excluding hydrogens is 306 g/mol. The number of rotatable bonds is 5. The number of hydrogen-bond donors (Lipinski definition) is 2. The van der Waals surface area contributed by atoms with E-state index in [-0.39, 0.29) is 11.5 Å². The van der Waals surface area contributed by atoms with E-state index < -0.39 is 5.97 Å². The summed E-state index contributed by atoms with van der Waals surface area (Å²) in [5, 5.41) is 14.5. The van der Waals surface area contributed by atoms with E-state index >= 15 is 0 Å². The van der Waals surface area contributed by atoms with Gasteiger partial charge in [0.1, 0.15) is 6.07 Å². The zero-order chi connectivity index (χ0) is 17.4. The number of nitrogens with one attached hydrogen (secondary N) is 2. The van der Waals surface area contributed by atoms with E-state index in [1.54, 1.807) is 54.6 Å². The van der Waals surface area contributed by atoms with Crippen molar-refractivity contribution in [1.82, 2.24) is 0 Å². The summed E-state index contributed by atoms with van der Waals surface area (Å²) in [5.74, 6) is -0.950. The lowest BCUT2D eigenvalue weighted by Gasteiger charge is -2.08. The molecule has 0 heterocycles. The highest BCUT2D eigenvalue weighted by Crippen LogP contribution is 2.16. The van der Waals surface area contributed by atoms with Crippen LogP contribution in [0.15, 0.2) is 66.4 Å². The standard InChI is InChI=1S/C18H15N3O3/c1-24-18(23)14(11-19)12-20-15-8-5-9-16(10-15)21-17(22)13-6-3-2-4-7-13/h2-10,12,20H,1H3,(H,21,22)/b14-12+. The van der Waals surface area contributed by atoms with Gasteiger partial charge in [-0.1, -0.05) is 24.3 Å². The molecule has 2 N–H and O–H groups in total. The molecule has 2 rings (SSSR count). The van der Waals surface area contributed by atoms with Crippen LogP contribution in [-0.2, 0) is 9.53 Å². The second-order valence-electron chi connectivity index (χ2n) is 4.71. The zero-order valence-electron chi connectivity index (χ0n) is 12.9. The van der Waals surface area contributed by atoms with Crippen LogP contribution in [0.5, 0.6) is 0 Å². The molecule has 0 aliphatic rings. The molecule has 6 nitrogen and oxygen atoms in total. The summed E-state index contributed by atoms with van der Waals surface area (Å²) in [7, 11) is 1.20. The predicted molar refractivity (Wildman–Crippen MR) is 90.2 cm³/mol. The van der Waals surface area contributed by atoms with Crippen LogP contribution >= 0.6 is 0 Å². The monoisotopic (exact) mass is 321 g/mol. The summed E-state index contributed by atoms with van der Waals surface area (Å²) in [6.45, 7) is 0. The molecule has 0 aromatic heterocycles. The Hall–Kier alpha value is -3.59. The van der Waals surface area contributed by atoms with Gasteiger partial charge in [-0.25, -0.2) is 4.79 Å². The summed E-state index contributed by atoms with van der Waals surface area (Å²) in [5.41, 5.74) is 1.58. The summed E-state index contributed by atoms with van der Waals surface area (Å²) in [6, 6.07) is 17.5. The van der Waals surface area contributed by atoms with Gasteiger partial charge in [-0.3, -0.25) is 4.79 Å². The second kappa shape index (κ2) is 8.15. The minimum absolute atomic E-state index is 0.156. The van der Waals surface area contributed by atoms with Gasteiger partial charge in [-0.2, -0.15) is 5.26 Å². The van der Waals surface area contributed by atoms with Gasteiger partial charge in [0.15, 0.2) is 5.57 Å². The molecule has 0 saturated carbocycles. The average Bonchev–Trinajstić information content (AvgIpc) is 2.63. The molecule has 1 amide bonds. The van der Waals surface area contributed by atoms with E-state index in [2.05, 4.69) is 15.4 Å². The molecule has 0 atom stereocenters. The second-order valence-corrected chi connectivity index (χ2v) is 4.71. The predicted octanol–water partition coefficient (Wildman–Crippen LogP) is 2.93. The van der Waals surface area contributed by atoms with Gasteiger partial charge in [0.25, 0.3) is 5.91 Å². The molecule has 0 aliphatic heterocycles. The first kappa shape index (κ1) is 16.8. The molecule has 0 radical (unpaired) electrons. The largest absolute Gasteiger partial charge is 0.465 e. The Kier molecular flexibility index (Phi) is 5.70. The molecule has 24 heavy (non-hydrogen) atoms. The fourth-order valence-electron chi connectivity index (χ4n) is 1.88. The van der Waals surface area contributed by atoms with Crippen molar-refractivity contribution in [3.8, 4) is 6.07 Å². The fourth-order valence-corrected chi connectivity index (χ4v) is 1.88. The number of methoxy groups -OCH3 is 1. The van der Waals surface area contributed by atoms with Crippen LogP contribution in [0.2, 0.25) is 0 Å². The van der Waals surface area contributed by atoms with Gasteiger partial charge in [0.05, 0.1) is 7.11 Å². The SMILES string of the molecule is COC(=O)/C(C#N)=C/Nc1cccc(NC(=O)c2ccccc2)c1. The molecule has 0 bridgehead atoms. The maximum Gasteiger partial charge on any atom is 0.350 e. The van der Waals surface area contributed by atoms with E-state index in [0.29, 0.717) is 16.9 Å². The molecule has 2 aromatic rings. The number of hydrogen-bond acceptors (Lipinski definition) is 5. The van der Waals surface area contributed by atoms with E-state index in [0.717, 1.165) is 0 Å². The van der Waals surface area contributed by atoms with Crippen molar-refractivity contribution in [3.05, 3.63) is 71.9 Å². The first-order valence-electron chi connectivity index (χ1n) is 7.05. The van der Waals surface area contributed by atoms with Crippen molar-refractivity contribution in [3.63, 3.8) is 0 Å². The normalized spacial score (nSPS) is 10.4. The number of nitrogens with zero attached hydrogens (tertiary/aromatic N) is 1. The number of carbonyl (C=O) groups is 2. The third-order valence-electron chi connectivity index (χ3n) is 3.07. The van der Waals surface area contributed by atoms with Gasteiger partial charge in [-0.15, -0.1) is 0 Å². The number of ether oxygens (including phenoxy) is 1. The smallest absolute Gasteiger partial charge is 0.350 e. The Morgan fingerprint density at radius 1 is 1.08 bits per heavy atom. The Morgan fingerprint density at radius 3 is 2.46 bits per heavy atom. The highest BCUT2D eigenvalue weighted by Gasteiger charge is 2.08. The number of benzene rings is 2. The van der Waals surface area contributed by atoms with E-state index in [9.17, 15) is 9.59 Å². The third-order valence-corrected chi connectivity index (χ3v) is 3.07. The highest BCUT2D eigenvalue weighted by molar-refractivity contribution is 6.04. The average molecular weight is 321 g/mol.